The van der Waals surface area contributed by atoms with Crippen molar-refractivity contribution in [3.05, 3.63) is 53.2 Å². The Morgan fingerprint density at radius 2 is 1.58 bits per heavy atom. The molecule has 0 unspecified atom stereocenters. The number of aromatic amines is 1. The van der Waals surface area contributed by atoms with E-state index in [1.54, 1.807) is 26.5 Å². The summed E-state index contributed by atoms with van der Waals surface area (Å²) in [5.74, 6) is 1.04. The summed E-state index contributed by atoms with van der Waals surface area (Å²) in [6.07, 6.45) is 1.70. The predicted octanol–water partition coefficient (Wildman–Crippen LogP) is 4.05. The van der Waals surface area contributed by atoms with Gasteiger partial charge in [0.05, 0.1) is 25.3 Å². The maximum Gasteiger partial charge on any atom is 0.257 e. The Hall–Kier alpha value is -2.95. The fourth-order valence-corrected chi connectivity index (χ4v) is 2.88. The first-order valence-corrected chi connectivity index (χ1v) is 7.64. The van der Waals surface area contributed by atoms with E-state index in [1.807, 2.05) is 32.0 Å². The molecule has 5 nitrogen and oxygen atoms in total. The number of anilines is 1. The molecule has 3 rings (SSSR count). The Bertz CT molecular complexity index is 892. The molecule has 2 aromatic carbocycles. The predicted molar refractivity (Wildman–Crippen MR) is 95.3 cm³/mol. The molecule has 3 aromatic rings. The highest BCUT2D eigenvalue weighted by Crippen LogP contribution is 2.33. The minimum atomic E-state index is -0.168. The van der Waals surface area contributed by atoms with Crippen LogP contribution in [-0.4, -0.2) is 25.1 Å². The van der Waals surface area contributed by atoms with Crippen molar-refractivity contribution in [1.29, 1.82) is 0 Å². The van der Waals surface area contributed by atoms with Gasteiger partial charge in [-0.05, 0) is 43.2 Å². The van der Waals surface area contributed by atoms with Gasteiger partial charge in [0.25, 0.3) is 5.91 Å². The van der Waals surface area contributed by atoms with Crippen molar-refractivity contribution in [2.75, 3.05) is 19.5 Å². The molecule has 1 aromatic heterocycles. The van der Waals surface area contributed by atoms with Crippen LogP contribution >= 0.6 is 0 Å². The zero-order valence-electron chi connectivity index (χ0n) is 14.2. The summed E-state index contributed by atoms with van der Waals surface area (Å²) in [4.78, 5) is 15.8. The van der Waals surface area contributed by atoms with E-state index in [1.165, 1.54) is 0 Å². The van der Waals surface area contributed by atoms with Gasteiger partial charge in [0.2, 0.25) is 0 Å². The summed E-state index contributed by atoms with van der Waals surface area (Å²) in [7, 11) is 3.16. The maximum absolute atomic E-state index is 12.7. The van der Waals surface area contributed by atoms with Gasteiger partial charge in [-0.25, -0.2) is 0 Å². The molecule has 1 heterocycles. The molecular formula is C19H20N2O3. The molecule has 0 fully saturated rings. The lowest BCUT2D eigenvalue weighted by molar-refractivity contribution is 0.102. The lowest BCUT2D eigenvalue weighted by atomic mass is 10.1. The summed E-state index contributed by atoms with van der Waals surface area (Å²) in [6, 6.07) is 9.59. The standard InChI is InChI=1S/C19H20N2O3/c1-11-5-12(2)7-13(6-11)21-19(22)15-10-20-16-9-18(24-4)17(23-3)8-14(15)16/h5-10,20H,1-4H3,(H,21,22). The number of fused-ring (bicyclic) bond motifs is 1. The first-order valence-electron chi connectivity index (χ1n) is 7.64. The van der Waals surface area contributed by atoms with E-state index < -0.39 is 0 Å². The van der Waals surface area contributed by atoms with Crippen LogP contribution in [0.3, 0.4) is 0 Å². The van der Waals surface area contributed by atoms with Crippen molar-refractivity contribution in [3.8, 4) is 11.5 Å². The molecule has 5 heteroatoms. The smallest absolute Gasteiger partial charge is 0.257 e. The van der Waals surface area contributed by atoms with Gasteiger partial charge in [0, 0.05) is 23.3 Å². The zero-order chi connectivity index (χ0) is 17.3. The molecule has 0 bridgehead atoms. The molecule has 0 saturated carbocycles. The van der Waals surface area contributed by atoms with Gasteiger partial charge < -0.3 is 19.8 Å². The molecule has 0 atom stereocenters. The highest BCUT2D eigenvalue weighted by Gasteiger charge is 2.16. The van der Waals surface area contributed by atoms with E-state index in [-0.39, 0.29) is 5.91 Å². The Kier molecular flexibility index (Phi) is 4.16. The van der Waals surface area contributed by atoms with E-state index in [4.69, 9.17) is 9.47 Å². The number of hydrogen-bond donors (Lipinski definition) is 2. The molecular weight excluding hydrogens is 304 g/mol. The Morgan fingerprint density at radius 1 is 0.958 bits per heavy atom. The number of amides is 1. The van der Waals surface area contributed by atoms with Gasteiger partial charge in [-0.1, -0.05) is 6.07 Å². The van der Waals surface area contributed by atoms with Crippen molar-refractivity contribution in [2.45, 2.75) is 13.8 Å². The summed E-state index contributed by atoms with van der Waals surface area (Å²) in [6.45, 7) is 4.01. The Morgan fingerprint density at radius 3 is 2.21 bits per heavy atom. The molecule has 1 amide bonds. The second-order valence-electron chi connectivity index (χ2n) is 5.79. The van der Waals surface area contributed by atoms with Gasteiger partial charge in [-0.15, -0.1) is 0 Å². The number of carbonyl (C=O) groups excluding carboxylic acids is 1. The first-order chi connectivity index (χ1) is 11.5. The van der Waals surface area contributed by atoms with Crippen LogP contribution in [0.25, 0.3) is 10.9 Å². The molecule has 2 N–H and O–H groups in total. The van der Waals surface area contributed by atoms with Crippen molar-refractivity contribution in [3.63, 3.8) is 0 Å². The van der Waals surface area contributed by atoms with E-state index in [9.17, 15) is 4.79 Å². The van der Waals surface area contributed by atoms with E-state index in [0.717, 1.165) is 27.7 Å². The molecule has 124 valence electrons. The summed E-state index contributed by atoms with van der Waals surface area (Å²) in [5.41, 5.74) is 4.38. The van der Waals surface area contributed by atoms with Crippen LogP contribution in [0.5, 0.6) is 11.5 Å². The molecule has 24 heavy (non-hydrogen) atoms. The topological polar surface area (TPSA) is 63.4 Å². The van der Waals surface area contributed by atoms with Crippen LogP contribution in [0, 0.1) is 13.8 Å². The van der Waals surface area contributed by atoms with Crippen molar-refractivity contribution in [2.24, 2.45) is 0 Å². The number of nitrogens with one attached hydrogen (secondary N) is 2. The Labute approximate surface area is 140 Å². The second-order valence-corrected chi connectivity index (χ2v) is 5.79. The monoisotopic (exact) mass is 324 g/mol. The highest BCUT2D eigenvalue weighted by molar-refractivity contribution is 6.13. The number of benzene rings is 2. The summed E-state index contributed by atoms with van der Waals surface area (Å²) >= 11 is 0. The fraction of sp³-hybridized carbons (Fsp3) is 0.211. The van der Waals surface area contributed by atoms with Crippen molar-refractivity contribution in [1.82, 2.24) is 4.98 Å². The van der Waals surface area contributed by atoms with E-state index in [0.29, 0.717) is 17.1 Å². The number of aromatic nitrogens is 1. The SMILES string of the molecule is COc1cc2[nH]cc(C(=O)Nc3cc(C)cc(C)c3)c2cc1OC. The maximum atomic E-state index is 12.7. The van der Waals surface area contributed by atoms with Crippen LogP contribution < -0.4 is 14.8 Å². The minimum absolute atomic E-state index is 0.168. The average Bonchev–Trinajstić information content (AvgIpc) is 2.95. The number of aryl methyl sites for hydroxylation is 2. The third-order valence-electron chi connectivity index (χ3n) is 3.91. The third-order valence-corrected chi connectivity index (χ3v) is 3.91. The highest BCUT2D eigenvalue weighted by atomic mass is 16.5. The van der Waals surface area contributed by atoms with Gasteiger partial charge in [0.15, 0.2) is 11.5 Å². The van der Waals surface area contributed by atoms with Gasteiger partial charge in [-0.2, -0.15) is 0 Å². The van der Waals surface area contributed by atoms with Gasteiger partial charge in [-0.3, -0.25) is 4.79 Å². The van der Waals surface area contributed by atoms with Crippen LogP contribution in [-0.2, 0) is 0 Å². The quantitative estimate of drug-likeness (QED) is 0.761. The largest absolute Gasteiger partial charge is 0.493 e. The van der Waals surface area contributed by atoms with E-state index in [2.05, 4.69) is 16.4 Å². The third kappa shape index (κ3) is 2.93. The van der Waals surface area contributed by atoms with Crippen LogP contribution in [0.4, 0.5) is 5.69 Å². The summed E-state index contributed by atoms with van der Waals surface area (Å²) < 4.78 is 10.6. The number of carbonyl (C=O) groups is 1. The van der Waals surface area contributed by atoms with Crippen molar-refractivity contribution < 1.29 is 14.3 Å². The first kappa shape index (κ1) is 15.9. The zero-order valence-corrected chi connectivity index (χ0v) is 14.2. The normalized spacial score (nSPS) is 10.7. The average molecular weight is 324 g/mol. The molecule has 0 radical (unpaired) electrons. The lowest BCUT2D eigenvalue weighted by Gasteiger charge is -2.09. The minimum Gasteiger partial charge on any atom is -0.493 e. The summed E-state index contributed by atoms with van der Waals surface area (Å²) in [5, 5.41) is 3.74. The Balaban J connectivity index is 1.98. The second kappa shape index (κ2) is 6.28. The van der Waals surface area contributed by atoms with Crippen LogP contribution in [0.1, 0.15) is 21.5 Å². The number of ether oxygens (including phenoxy) is 2. The number of H-pyrrole nitrogens is 1. The number of methoxy groups -OCH3 is 2. The van der Waals surface area contributed by atoms with Gasteiger partial charge in [0.1, 0.15) is 0 Å². The molecule has 0 aliphatic heterocycles. The van der Waals surface area contributed by atoms with Gasteiger partial charge >= 0.3 is 0 Å². The molecule has 0 aliphatic rings. The van der Waals surface area contributed by atoms with E-state index >= 15 is 0 Å². The lowest BCUT2D eigenvalue weighted by Crippen LogP contribution is -2.11. The van der Waals surface area contributed by atoms with Crippen molar-refractivity contribution >= 4 is 22.5 Å². The fourth-order valence-electron chi connectivity index (χ4n) is 2.88. The van der Waals surface area contributed by atoms with Crippen LogP contribution in [0.2, 0.25) is 0 Å². The van der Waals surface area contributed by atoms with Crippen LogP contribution in [0.15, 0.2) is 36.5 Å². The molecule has 0 spiro atoms. The molecule has 0 saturated heterocycles. The number of hydrogen-bond acceptors (Lipinski definition) is 3. The number of rotatable bonds is 4. The molecule has 0 aliphatic carbocycles.